The van der Waals surface area contributed by atoms with Crippen LogP contribution in [0.4, 0.5) is 0 Å². The molecule has 9 heteroatoms. The Kier molecular flexibility index (Phi) is 9.54. The molecule has 2 rings (SSSR count). The number of nitrogens with zero attached hydrogens (tertiary/aromatic N) is 3. The Bertz CT molecular complexity index is 826. The maximum atomic E-state index is 10.0. The number of aromatic nitrogens is 2. The third kappa shape index (κ3) is 6.15. The van der Waals surface area contributed by atoms with Gasteiger partial charge >= 0.3 is 0 Å². The van der Waals surface area contributed by atoms with Crippen molar-refractivity contribution in [1.82, 2.24) is 20.4 Å². The van der Waals surface area contributed by atoms with Crippen LogP contribution in [0.3, 0.4) is 0 Å². The van der Waals surface area contributed by atoms with Gasteiger partial charge in [0, 0.05) is 32.4 Å². The van der Waals surface area contributed by atoms with Gasteiger partial charge in [-0.2, -0.15) is 5.10 Å². The number of ether oxygens (including phenoxy) is 2. The van der Waals surface area contributed by atoms with Gasteiger partial charge in [-0.05, 0) is 50.5 Å². The fraction of sp³-hybridized carbons (Fsp3) is 0.500. The van der Waals surface area contributed by atoms with Gasteiger partial charge in [0.05, 0.1) is 19.9 Å². The van der Waals surface area contributed by atoms with Crippen LogP contribution >= 0.6 is 24.0 Å². The zero-order valence-electron chi connectivity index (χ0n) is 18.2. The topological polar surface area (TPSA) is 92.9 Å². The molecule has 0 aliphatic heterocycles. The molecule has 1 atom stereocenters. The number of rotatable bonds is 7. The summed E-state index contributed by atoms with van der Waals surface area (Å²) in [5.41, 5.74) is 4.39. The summed E-state index contributed by atoms with van der Waals surface area (Å²) in [5, 5.41) is 21.2. The molecule has 0 bridgehead atoms. The molecule has 0 aliphatic carbocycles. The molecular weight excluding hydrogens is 485 g/mol. The van der Waals surface area contributed by atoms with Crippen LogP contribution in [0.15, 0.2) is 17.1 Å². The summed E-state index contributed by atoms with van der Waals surface area (Å²) in [5.74, 6) is 1.43. The van der Waals surface area contributed by atoms with Crippen LogP contribution in [-0.4, -0.2) is 48.2 Å². The smallest absolute Gasteiger partial charge is 0.200 e. The number of aromatic hydroxyl groups is 1. The van der Waals surface area contributed by atoms with E-state index >= 15 is 0 Å². The third-order valence-electron chi connectivity index (χ3n) is 4.78. The van der Waals surface area contributed by atoms with E-state index in [0.717, 1.165) is 17.7 Å². The summed E-state index contributed by atoms with van der Waals surface area (Å²) in [6.45, 7) is 6.74. The van der Waals surface area contributed by atoms with Crippen molar-refractivity contribution in [3.63, 3.8) is 0 Å². The molecule has 0 saturated heterocycles. The molecule has 162 valence electrons. The second-order valence-electron chi connectivity index (χ2n) is 6.80. The number of hydrogen-bond acceptors (Lipinski definition) is 5. The molecule has 0 aliphatic rings. The summed E-state index contributed by atoms with van der Waals surface area (Å²) < 4.78 is 12.3. The minimum Gasteiger partial charge on any atom is -0.502 e. The number of phenolic OH excluding ortho intramolecular Hbond substituents is 1. The van der Waals surface area contributed by atoms with Gasteiger partial charge in [0.2, 0.25) is 5.75 Å². The largest absolute Gasteiger partial charge is 0.502 e. The van der Waals surface area contributed by atoms with Crippen molar-refractivity contribution in [3.05, 3.63) is 34.6 Å². The molecule has 0 radical (unpaired) electrons. The zero-order valence-corrected chi connectivity index (χ0v) is 20.5. The maximum absolute atomic E-state index is 10.0. The zero-order chi connectivity index (χ0) is 20.8. The minimum atomic E-state index is -0.00732. The molecule has 8 nitrogen and oxygen atoms in total. The van der Waals surface area contributed by atoms with E-state index in [9.17, 15) is 5.11 Å². The van der Waals surface area contributed by atoms with Crippen molar-refractivity contribution >= 4 is 29.9 Å². The van der Waals surface area contributed by atoms with Gasteiger partial charge in [0.25, 0.3) is 0 Å². The van der Waals surface area contributed by atoms with Gasteiger partial charge < -0.3 is 25.2 Å². The lowest BCUT2D eigenvalue weighted by Crippen LogP contribution is -2.42. The summed E-state index contributed by atoms with van der Waals surface area (Å²) in [6, 6.07) is 3.71. The lowest BCUT2D eigenvalue weighted by molar-refractivity contribution is 0.339. The molecule has 2 aromatic rings. The van der Waals surface area contributed by atoms with Gasteiger partial charge in [-0.1, -0.05) is 0 Å². The Morgan fingerprint density at radius 2 is 1.83 bits per heavy atom. The summed E-state index contributed by atoms with van der Waals surface area (Å²) in [7, 11) is 6.72. The number of benzene rings is 1. The third-order valence-corrected chi connectivity index (χ3v) is 4.78. The van der Waals surface area contributed by atoms with E-state index in [1.165, 1.54) is 25.5 Å². The first-order valence-electron chi connectivity index (χ1n) is 9.20. The molecule has 0 spiro atoms. The number of phenols is 1. The summed E-state index contributed by atoms with van der Waals surface area (Å²) >= 11 is 0. The van der Waals surface area contributed by atoms with Gasteiger partial charge in [-0.25, -0.2) is 0 Å². The first-order chi connectivity index (χ1) is 13.3. The first kappa shape index (κ1) is 24.9. The summed E-state index contributed by atoms with van der Waals surface area (Å²) in [6.07, 6.45) is 0.854. The van der Waals surface area contributed by atoms with Gasteiger partial charge in [0.15, 0.2) is 17.5 Å². The van der Waals surface area contributed by atoms with E-state index in [0.29, 0.717) is 24.0 Å². The predicted molar refractivity (Wildman–Crippen MR) is 126 cm³/mol. The van der Waals surface area contributed by atoms with E-state index in [1.54, 1.807) is 19.2 Å². The Labute approximate surface area is 189 Å². The number of guanidine groups is 1. The van der Waals surface area contributed by atoms with Crippen LogP contribution in [0.2, 0.25) is 0 Å². The van der Waals surface area contributed by atoms with E-state index in [2.05, 4.69) is 34.6 Å². The van der Waals surface area contributed by atoms with Crippen LogP contribution in [0.5, 0.6) is 17.2 Å². The number of halogens is 1. The summed E-state index contributed by atoms with van der Waals surface area (Å²) in [4.78, 5) is 4.30. The average molecular weight is 517 g/mol. The molecule has 1 heterocycles. The monoisotopic (exact) mass is 517 g/mol. The van der Waals surface area contributed by atoms with Crippen LogP contribution in [-0.2, 0) is 20.0 Å². The van der Waals surface area contributed by atoms with Crippen LogP contribution < -0.4 is 20.1 Å². The molecule has 1 aromatic carbocycles. The second kappa shape index (κ2) is 11.1. The quantitative estimate of drug-likeness (QED) is 0.297. The van der Waals surface area contributed by atoms with Gasteiger partial charge in [-0.3, -0.25) is 9.67 Å². The maximum Gasteiger partial charge on any atom is 0.200 e. The lowest BCUT2D eigenvalue weighted by Gasteiger charge is -2.19. The Balaban J connectivity index is 0.00000420. The molecular formula is C20H32IN5O3. The molecule has 29 heavy (non-hydrogen) atoms. The van der Waals surface area contributed by atoms with Crippen LogP contribution in [0.1, 0.15) is 29.4 Å². The number of nitrogens with one attached hydrogen (secondary N) is 2. The van der Waals surface area contributed by atoms with Gasteiger partial charge in [-0.15, -0.1) is 24.0 Å². The Morgan fingerprint density at radius 3 is 2.28 bits per heavy atom. The fourth-order valence-electron chi connectivity index (χ4n) is 3.13. The van der Waals surface area contributed by atoms with Crippen molar-refractivity contribution in [2.24, 2.45) is 12.0 Å². The van der Waals surface area contributed by atoms with Crippen LogP contribution in [0.25, 0.3) is 0 Å². The highest BCUT2D eigenvalue weighted by Gasteiger charge is 2.15. The van der Waals surface area contributed by atoms with E-state index in [1.807, 2.05) is 18.7 Å². The van der Waals surface area contributed by atoms with E-state index in [-0.39, 0.29) is 35.8 Å². The normalized spacial score (nSPS) is 12.2. The van der Waals surface area contributed by atoms with Crippen molar-refractivity contribution in [3.8, 4) is 17.2 Å². The van der Waals surface area contributed by atoms with Crippen molar-refractivity contribution in [2.75, 3.05) is 21.3 Å². The molecule has 1 aromatic heterocycles. The lowest BCUT2D eigenvalue weighted by atomic mass is 10.1. The number of aliphatic imine (C=N–C) groups is 1. The number of aryl methyl sites for hydroxylation is 2. The Morgan fingerprint density at radius 1 is 1.24 bits per heavy atom. The fourth-order valence-corrected chi connectivity index (χ4v) is 3.13. The van der Waals surface area contributed by atoms with Crippen molar-refractivity contribution < 1.29 is 14.6 Å². The predicted octanol–water partition coefficient (Wildman–Crippen LogP) is 2.67. The molecule has 0 fully saturated rings. The number of hydrogen-bond donors (Lipinski definition) is 3. The molecule has 0 saturated carbocycles. The minimum absolute atomic E-state index is 0. The van der Waals surface area contributed by atoms with Gasteiger partial charge in [0.1, 0.15) is 0 Å². The SMILES string of the molecule is CN=C(NCc1cc(OC)c(O)c(OC)c1)NC(C)Cc1c(C)nn(C)c1C.I. The molecule has 0 amide bonds. The molecule has 1 unspecified atom stereocenters. The van der Waals surface area contributed by atoms with Crippen LogP contribution in [0, 0.1) is 13.8 Å². The highest BCUT2D eigenvalue weighted by molar-refractivity contribution is 14.0. The average Bonchev–Trinajstić information content (AvgIpc) is 2.91. The van der Waals surface area contributed by atoms with E-state index < -0.39 is 0 Å². The highest BCUT2D eigenvalue weighted by Crippen LogP contribution is 2.36. The van der Waals surface area contributed by atoms with E-state index in [4.69, 9.17) is 9.47 Å². The number of methoxy groups -OCH3 is 2. The Hall–Kier alpha value is -2.17. The molecule has 3 N–H and O–H groups in total. The standard InChI is InChI=1S/C20H31N5O3.HI/c1-12(8-16-13(2)24-25(5)14(16)3)23-20(21-4)22-11-15-9-17(27-6)19(26)18(10-15)28-7;/h9-10,12,26H,8,11H2,1-7H3,(H2,21,22,23);1H. The van der Waals surface area contributed by atoms with Crippen molar-refractivity contribution in [1.29, 1.82) is 0 Å². The first-order valence-corrected chi connectivity index (χ1v) is 9.20. The van der Waals surface area contributed by atoms with Crippen molar-refractivity contribution in [2.45, 2.75) is 39.8 Å². The highest BCUT2D eigenvalue weighted by atomic mass is 127. The second-order valence-corrected chi connectivity index (χ2v) is 6.80.